The van der Waals surface area contributed by atoms with Crippen LogP contribution in [0.4, 0.5) is 0 Å². The molecule has 78 valence electrons. The third kappa shape index (κ3) is 1.58. The number of hydrogen-bond acceptors (Lipinski definition) is 3. The van der Waals surface area contributed by atoms with Gasteiger partial charge in [0.1, 0.15) is 0 Å². The van der Waals surface area contributed by atoms with Crippen molar-refractivity contribution in [3.63, 3.8) is 0 Å². The average molecular weight is 247 g/mol. The number of pyridine rings is 1. The largest absolute Gasteiger partial charge is 0.226 e. The summed E-state index contributed by atoms with van der Waals surface area (Å²) in [5.74, 6) is 0. The first kappa shape index (κ1) is 9.75. The van der Waals surface area contributed by atoms with Crippen molar-refractivity contribution in [3.05, 3.63) is 46.8 Å². The zero-order valence-corrected chi connectivity index (χ0v) is 9.79. The van der Waals surface area contributed by atoms with E-state index in [1.165, 1.54) is 11.5 Å². The van der Waals surface area contributed by atoms with Crippen LogP contribution in [0.2, 0.25) is 5.02 Å². The fourth-order valence-corrected chi connectivity index (χ4v) is 2.44. The van der Waals surface area contributed by atoms with Gasteiger partial charge in [-0.15, -0.1) is 0 Å². The van der Waals surface area contributed by atoms with Gasteiger partial charge in [0.2, 0.25) is 0 Å². The molecular formula is C12H7ClN2S. The molecule has 0 aliphatic rings. The molecule has 0 atom stereocenters. The first-order chi connectivity index (χ1) is 7.84. The highest BCUT2D eigenvalue weighted by molar-refractivity contribution is 7.04. The molecule has 0 bridgehead atoms. The topological polar surface area (TPSA) is 25.8 Å². The zero-order valence-electron chi connectivity index (χ0n) is 8.22. The van der Waals surface area contributed by atoms with Crippen molar-refractivity contribution in [1.82, 2.24) is 9.36 Å². The Hall–Kier alpha value is -1.45. The minimum absolute atomic E-state index is 0.666. The third-order valence-corrected chi connectivity index (χ3v) is 3.28. The Morgan fingerprint density at radius 2 is 1.94 bits per heavy atom. The van der Waals surface area contributed by atoms with Crippen LogP contribution in [0.3, 0.4) is 0 Å². The van der Waals surface area contributed by atoms with Crippen LogP contribution in [0, 0.1) is 0 Å². The molecule has 3 rings (SSSR count). The van der Waals surface area contributed by atoms with Gasteiger partial charge in [-0.25, -0.2) is 4.98 Å². The number of aromatic nitrogens is 2. The van der Waals surface area contributed by atoms with Gasteiger partial charge in [-0.1, -0.05) is 41.9 Å². The maximum absolute atomic E-state index is 6.21. The van der Waals surface area contributed by atoms with Crippen LogP contribution in [0.25, 0.3) is 22.3 Å². The lowest BCUT2D eigenvalue weighted by Crippen LogP contribution is -1.85. The van der Waals surface area contributed by atoms with E-state index in [2.05, 4.69) is 9.36 Å². The van der Waals surface area contributed by atoms with Crippen molar-refractivity contribution in [2.24, 2.45) is 0 Å². The quantitative estimate of drug-likeness (QED) is 0.648. The molecule has 4 heteroatoms. The van der Waals surface area contributed by atoms with Gasteiger partial charge in [0.05, 0.1) is 10.7 Å². The third-order valence-electron chi connectivity index (χ3n) is 2.35. The van der Waals surface area contributed by atoms with Crippen LogP contribution < -0.4 is 0 Å². The normalized spacial score (nSPS) is 10.8. The molecular weight excluding hydrogens is 240 g/mol. The van der Waals surface area contributed by atoms with Crippen molar-refractivity contribution < 1.29 is 0 Å². The fourth-order valence-electron chi connectivity index (χ4n) is 1.58. The minimum Gasteiger partial charge on any atom is -0.226 e. The fraction of sp³-hybridized carbons (Fsp3) is 0. The molecule has 2 aromatic heterocycles. The molecule has 16 heavy (non-hydrogen) atoms. The Bertz CT molecular complexity index is 634. The highest BCUT2D eigenvalue weighted by Gasteiger charge is 2.08. The van der Waals surface area contributed by atoms with Gasteiger partial charge in [0, 0.05) is 16.3 Å². The SMILES string of the molecule is Clc1cc2csnc2nc1-c1ccccc1. The van der Waals surface area contributed by atoms with Crippen molar-refractivity contribution in [2.45, 2.75) is 0 Å². The van der Waals surface area contributed by atoms with Crippen LogP contribution in [0.5, 0.6) is 0 Å². The Morgan fingerprint density at radius 1 is 1.12 bits per heavy atom. The Labute approximate surface area is 102 Å². The summed E-state index contributed by atoms with van der Waals surface area (Å²) in [5.41, 5.74) is 2.57. The van der Waals surface area contributed by atoms with E-state index in [0.717, 1.165) is 22.3 Å². The van der Waals surface area contributed by atoms with Crippen molar-refractivity contribution in [3.8, 4) is 11.3 Å². The van der Waals surface area contributed by atoms with Gasteiger partial charge >= 0.3 is 0 Å². The molecule has 0 spiro atoms. The predicted octanol–water partition coefficient (Wildman–Crippen LogP) is 4.01. The van der Waals surface area contributed by atoms with E-state index in [9.17, 15) is 0 Å². The van der Waals surface area contributed by atoms with Gasteiger partial charge in [-0.2, -0.15) is 4.37 Å². The Morgan fingerprint density at radius 3 is 2.75 bits per heavy atom. The molecule has 0 saturated carbocycles. The van der Waals surface area contributed by atoms with Crippen molar-refractivity contribution in [1.29, 1.82) is 0 Å². The standard InChI is InChI=1S/C12H7ClN2S/c13-10-6-9-7-16-15-12(9)14-11(10)8-4-2-1-3-5-8/h1-7H. The number of fused-ring (bicyclic) bond motifs is 1. The summed E-state index contributed by atoms with van der Waals surface area (Å²) in [6.45, 7) is 0. The molecule has 0 N–H and O–H groups in total. The minimum atomic E-state index is 0.666. The summed E-state index contributed by atoms with van der Waals surface area (Å²) in [6, 6.07) is 11.8. The van der Waals surface area contributed by atoms with Crippen LogP contribution >= 0.6 is 23.1 Å². The van der Waals surface area contributed by atoms with Gasteiger partial charge in [0.25, 0.3) is 0 Å². The van der Waals surface area contributed by atoms with E-state index >= 15 is 0 Å². The van der Waals surface area contributed by atoms with Crippen LogP contribution in [-0.2, 0) is 0 Å². The van der Waals surface area contributed by atoms with Crippen molar-refractivity contribution in [2.75, 3.05) is 0 Å². The number of benzene rings is 1. The number of nitrogens with zero attached hydrogens (tertiary/aromatic N) is 2. The molecule has 0 saturated heterocycles. The van der Waals surface area contributed by atoms with Crippen LogP contribution in [-0.4, -0.2) is 9.36 Å². The number of hydrogen-bond donors (Lipinski definition) is 0. The monoisotopic (exact) mass is 246 g/mol. The highest BCUT2D eigenvalue weighted by atomic mass is 35.5. The second kappa shape index (κ2) is 3.85. The Balaban J connectivity index is 2.27. The summed E-state index contributed by atoms with van der Waals surface area (Å²) in [7, 11) is 0. The molecule has 0 aliphatic heterocycles. The molecule has 0 fully saturated rings. The molecule has 0 radical (unpaired) electrons. The molecule has 0 amide bonds. The van der Waals surface area contributed by atoms with E-state index < -0.39 is 0 Å². The van der Waals surface area contributed by atoms with E-state index in [1.807, 2.05) is 41.8 Å². The average Bonchev–Trinajstić information content (AvgIpc) is 2.76. The van der Waals surface area contributed by atoms with Gasteiger partial charge in [0.15, 0.2) is 5.65 Å². The lowest BCUT2D eigenvalue weighted by atomic mass is 10.1. The summed E-state index contributed by atoms with van der Waals surface area (Å²) in [5, 5.41) is 3.61. The van der Waals surface area contributed by atoms with E-state index in [-0.39, 0.29) is 0 Å². The molecule has 3 aromatic rings. The van der Waals surface area contributed by atoms with E-state index in [1.54, 1.807) is 0 Å². The van der Waals surface area contributed by atoms with E-state index in [0.29, 0.717) is 5.02 Å². The number of rotatable bonds is 1. The molecule has 0 aliphatic carbocycles. The second-order valence-corrected chi connectivity index (χ2v) is 4.45. The molecule has 2 heterocycles. The van der Waals surface area contributed by atoms with Gasteiger partial charge < -0.3 is 0 Å². The van der Waals surface area contributed by atoms with E-state index in [4.69, 9.17) is 11.6 Å². The maximum Gasteiger partial charge on any atom is 0.173 e. The zero-order chi connectivity index (χ0) is 11.0. The highest BCUT2D eigenvalue weighted by Crippen LogP contribution is 2.29. The number of halogens is 1. The van der Waals surface area contributed by atoms with Crippen LogP contribution in [0.1, 0.15) is 0 Å². The predicted molar refractivity (Wildman–Crippen MR) is 67.9 cm³/mol. The first-order valence-corrected chi connectivity index (χ1v) is 6.02. The Kier molecular flexibility index (Phi) is 2.35. The van der Waals surface area contributed by atoms with Crippen LogP contribution in [0.15, 0.2) is 41.8 Å². The molecule has 2 nitrogen and oxygen atoms in total. The lowest BCUT2D eigenvalue weighted by molar-refractivity contribution is 1.36. The maximum atomic E-state index is 6.21. The molecule has 1 aromatic carbocycles. The first-order valence-electron chi connectivity index (χ1n) is 4.80. The summed E-state index contributed by atoms with van der Waals surface area (Å²) in [6.07, 6.45) is 0. The van der Waals surface area contributed by atoms with Gasteiger partial charge in [-0.05, 0) is 17.6 Å². The summed E-state index contributed by atoms with van der Waals surface area (Å²) < 4.78 is 4.22. The smallest absolute Gasteiger partial charge is 0.173 e. The second-order valence-electron chi connectivity index (χ2n) is 3.41. The van der Waals surface area contributed by atoms with Gasteiger partial charge in [-0.3, -0.25) is 0 Å². The lowest BCUT2D eigenvalue weighted by Gasteiger charge is -2.02. The summed E-state index contributed by atoms with van der Waals surface area (Å²) >= 11 is 7.60. The summed E-state index contributed by atoms with van der Waals surface area (Å²) in [4.78, 5) is 4.47. The molecule has 0 unspecified atom stereocenters. The van der Waals surface area contributed by atoms with Crippen molar-refractivity contribution >= 4 is 34.2 Å².